The van der Waals surface area contributed by atoms with Gasteiger partial charge < -0.3 is 15.0 Å². The quantitative estimate of drug-likeness (QED) is 0.828. The topological polar surface area (TPSA) is 58.6 Å². The van der Waals surface area contributed by atoms with Gasteiger partial charge >= 0.3 is 0 Å². The number of fused-ring (bicyclic) bond motifs is 3. The number of hydrogen-bond donors (Lipinski definition) is 1. The van der Waals surface area contributed by atoms with Gasteiger partial charge in [-0.1, -0.05) is 24.3 Å². The van der Waals surface area contributed by atoms with Crippen LogP contribution in [0.5, 0.6) is 5.75 Å². The van der Waals surface area contributed by atoms with Crippen LogP contribution in [-0.4, -0.2) is 29.9 Å². The van der Waals surface area contributed by atoms with Crippen LogP contribution < -0.4 is 10.1 Å². The lowest BCUT2D eigenvalue weighted by atomic mass is 9.87. The summed E-state index contributed by atoms with van der Waals surface area (Å²) in [5.74, 6) is 0.453. The highest BCUT2D eigenvalue weighted by atomic mass is 19.1. The van der Waals surface area contributed by atoms with Crippen molar-refractivity contribution < 1.29 is 18.7 Å². The van der Waals surface area contributed by atoms with Gasteiger partial charge in [-0.15, -0.1) is 0 Å². The van der Waals surface area contributed by atoms with Gasteiger partial charge in [-0.25, -0.2) is 4.39 Å². The van der Waals surface area contributed by atoms with Crippen molar-refractivity contribution in [3.05, 3.63) is 65.0 Å². The van der Waals surface area contributed by atoms with Gasteiger partial charge in [-0.3, -0.25) is 9.59 Å². The Balaban J connectivity index is 1.38. The van der Waals surface area contributed by atoms with E-state index in [2.05, 4.69) is 11.4 Å². The molecule has 2 aliphatic heterocycles. The van der Waals surface area contributed by atoms with Crippen molar-refractivity contribution in [2.75, 3.05) is 13.2 Å². The summed E-state index contributed by atoms with van der Waals surface area (Å²) in [7, 11) is 0. The predicted octanol–water partition coefficient (Wildman–Crippen LogP) is 3.48. The van der Waals surface area contributed by atoms with Gasteiger partial charge in [-0.05, 0) is 48.6 Å². The second-order valence-corrected chi connectivity index (χ2v) is 8.64. The number of para-hydroxylation sites is 1. The molecular weight excluding hydrogens is 383 g/mol. The maximum absolute atomic E-state index is 13.9. The third kappa shape index (κ3) is 3.15. The van der Waals surface area contributed by atoms with E-state index < -0.39 is 0 Å². The highest BCUT2D eigenvalue weighted by Gasteiger charge is 2.61. The number of benzene rings is 2. The summed E-state index contributed by atoms with van der Waals surface area (Å²) in [5.41, 5.74) is 2.65. The van der Waals surface area contributed by atoms with E-state index in [1.165, 1.54) is 19.1 Å². The van der Waals surface area contributed by atoms with E-state index in [0.717, 1.165) is 35.3 Å². The number of amides is 2. The molecule has 0 saturated heterocycles. The first kappa shape index (κ1) is 19.1. The monoisotopic (exact) mass is 408 g/mol. The maximum Gasteiger partial charge on any atom is 0.224 e. The molecule has 1 unspecified atom stereocenters. The van der Waals surface area contributed by atoms with E-state index in [4.69, 9.17) is 4.74 Å². The Morgan fingerprint density at radius 3 is 2.90 bits per heavy atom. The average Bonchev–Trinajstić information content (AvgIpc) is 3.47. The SMILES string of the molecule is CC(=O)N1CCC(NC(=O)[C@@H]2C[C@]23CCOc2ccccc23)c2ccc(F)cc2C1. The molecule has 1 aliphatic carbocycles. The zero-order chi connectivity index (χ0) is 20.9. The van der Waals surface area contributed by atoms with Crippen LogP contribution in [0.15, 0.2) is 42.5 Å². The molecule has 2 amide bonds. The van der Waals surface area contributed by atoms with Crippen LogP contribution in [0.1, 0.15) is 48.9 Å². The van der Waals surface area contributed by atoms with E-state index >= 15 is 0 Å². The Labute approximate surface area is 175 Å². The molecule has 156 valence electrons. The molecule has 5 rings (SSSR count). The van der Waals surface area contributed by atoms with Gasteiger partial charge in [0.1, 0.15) is 11.6 Å². The molecule has 0 radical (unpaired) electrons. The highest BCUT2D eigenvalue weighted by molar-refractivity contribution is 5.85. The standard InChI is InChI=1S/C24H25FN2O3/c1-15(28)27-10-8-21(18-7-6-17(25)12-16(18)14-27)26-23(29)20-13-24(20)9-11-30-22-5-3-2-4-19(22)24/h2-7,12,20-21H,8-11,13-14H2,1H3,(H,26,29)/t20-,21?,24-/m0/s1. The first-order valence-corrected chi connectivity index (χ1v) is 10.5. The summed E-state index contributed by atoms with van der Waals surface area (Å²) < 4.78 is 19.6. The summed E-state index contributed by atoms with van der Waals surface area (Å²) in [6, 6.07) is 12.4. The van der Waals surface area contributed by atoms with E-state index in [-0.39, 0.29) is 35.0 Å². The van der Waals surface area contributed by atoms with Gasteiger partial charge in [0.25, 0.3) is 0 Å². The zero-order valence-electron chi connectivity index (χ0n) is 17.0. The Hall–Kier alpha value is -2.89. The minimum Gasteiger partial charge on any atom is -0.493 e. The largest absolute Gasteiger partial charge is 0.493 e. The second-order valence-electron chi connectivity index (χ2n) is 8.64. The fraction of sp³-hybridized carbons (Fsp3) is 0.417. The molecule has 30 heavy (non-hydrogen) atoms. The summed E-state index contributed by atoms with van der Waals surface area (Å²) in [6.07, 6.45) is 2.28. The smallest absolute Gasteiger partial charge is 0.224 e. The number of hydrogen-bond acceptors (Lipinski definition) is 3. The molecular formula is C24H25FN2O3. The molecule has 3 aliphatic rings. The lowest BCUT2D eigenvalue weighted by Gasteiger charge is -2.27. The first-order valence-electron chi connectivity index (χ1n) is 10.5. The first-order chi connectivity index (χ1) is 14.5. The lowest BCUT2D eigenvalue weighted by molar-refractivity contribution is -0.129. The molecule has 1 fully saturated rings. The van der Waals surface area contributed by atoms with Crippen molar-refractivity contribution in [1.82, 2.24) is 10.2 Å². The molecule has 1 spiro atoms. The molecule has 0 bridgehead atoms. The Bertz CT molecular complexity index is 1020. The molecule has 2 aromatic rings. The van der Waals surface area contributed by atoms with Gasteiger partial charge in [-0.2, -0.15) is 0 Å². The summed E-state index contributed by atoms with van der Waals surface area (Å²) in [6.45, 7) is 3.05. The van der Waals surface area contributed by atoms with Crippen LogP contribution in [0.4, 0.5) is 4.39 Å². The van der Waals surface area contributed by atoms with E-state index in [9.17, 15) is 14.0 Å². The number of rotatable bonds is 2. The van der Waals surface area contributed by atoms with Gasteiger partial charge in [0.05, 0.1) is 12.6 Å². The Morgan fingerprint density at radius 1 is 1.23 bits per heavy atom. The summed E-state index contributed by atoms with van der Waals surface area (Å²) >= 11 is 0. The number of carbonyl (C=O) groups is 2. The molecule has 0 aromatic heterocycles. The van der Waals surface area contributed by atoms with Crippen LogP contribution in [0, 0.1) is 11.7 Å². The van der Waals surface area contributed by atoms with Gasteiger partial charge in [0.2, 0.25) is 11.8 Å². The van der Waals surface area contributed by atoms with Crippen molar-refractivity contribution in [1.29, 1.82) is 0 Å². The normalized spacial score (nSPS) is 26.8. The molecule has 2 aromatic carbocycles. The highest BCUT2D eigenvalue weighted by Crippen LogP contribution is 2.60. The van der Waals surface area contributed by atoms with Crippen LogP contribution in [0.3, 0.4) is 0 Å². The fourth-order valence-electron chi connectivity index (χ4n) is 5.17. The maximum atomic E-state index is 13.9. The number of carbonyl (C=O) groups excluding carboxylic acids is 2. The zero-order valence-corrected chi connectivity index (χ0v) is 17.0. The molecule has 1 N–H and O–H groups in total. The number of nitrogens with one attached hydrogen (secondary N) is 1. The van der Waals surface area contributed by atoms with E-state index in [0.29, 0.717) is 26.1 Å². The van der Waals surface area contributed by atoms with E-state index in [1.807, 2.05) is 18.2 Å². The molecule has 2 heterocycles. The molecule has 3 atom stereocenters. The average molecular weight is 408 g/mol. The molecule has 5 nitrogen and oxygen atoms in total. The summed E-state index contributed by atoms with van der Waals surface area (Å²) in [4.78, 5) is 26.9. The van der Waals surface area contributed by atoms with Gasteiger partial charge in [0, 0.05) is 36.9 Å². The van der Waals surface area contributed by atoms with Crippen molar-refractivity contribution in [2.24, 2.45) is 5.92 Å². The van der Waals surface area contributed by atoms with Crippen molar-refractivity contribution in [3.8, 4) is 5.75 Å². The van der Waals surface area contributed by atoms with Crippen molar-refractivity contribution >= 4 is 11.8 Å². The third-order valence-corrected chi connectivity index (χ3v) is 6.91. The molecule has 6 heteroatoms. The van der Waals surface area contributed by atoms with Crippen LogP contribution in [0.2, 0.25) is 0 Å². The number of ether oxygens (including phenoxy) is 1. The minimum atomic E-state index is -0.329. The minimum absolute atomic E-state index is 0.0308. The van der Waals surface area contributed by atoms with Crippen LogP contribution in [-0.2, 0) is 21.5 Å². The summed E-state index contributed by atoms with van der Waals surface area (Å²) in [5, 5.41) is 3.22. The number of halogens is 1. The Morgan fingerprint density at radius 2 is 2.07 bits per heavy atom. The van der Waals surface area contributed by atoms with Gasteiger partial charge in [0.15, 0.2) is 0 Å². The predicted molar refractivity (Wildman–Crippen MR) is 109 cm³/mol. The van der Waals surface area contributed by atoms with Crippen molar-refractivity contribution in [3.63, 3.8) is 0 Å². The second kappa shape index (κ2) is 7.11. The number of nitrogens with zero attached hydrogens (tertiary/aromatic N) is 1. The van der Waals surface area contributed by atoms with Crippen molar-refractivity contribution in [2.45, 2.75) is 44.2 Å². The lowest BCUT2D eigenvalue weighted by Crippen LogP contribution is -2.34. The van der Waals surface area contributed by atoms with Crippen LogP contribution in [0.25, 0.3) is 0 Å². The fourth-order valence-corrected chi connectivity index (χ4v) is 5.17. The molecule has 1 saturated carbocycles. The third-order valence-electron chi connectivity index (χ3n) is 6.91. The van der Waals surface area contributed by atoms with E-state index in [1.54, 1.807) is 11.0 Å². The van der Waals surface area contributed by atoms with Crippen LogP contribution >= 0.6 is 0 Å². The Kier molecular flexibility index (Phi) is 4.53.